The van der Waals surface area contributed by atoms with Gasteiger partial charge < -0.3 is 10.2 Å². The van der Waals surface area contributed by atoms with E-state index in [1.807, 2.05) is 30.3 Å². The zero-order valence-corrected chi connectivity index (χ0v) is 11.1. The lowest BCUT2D eigenvalue weighted by atomic mass is 10.0. The van der Waals surface area contributed by atoms with Gasteiger partial charge in [-0.25, -0.2) is 4.79 Å². The number of carboxylic acids is 2. The monoisotopic (exact) mass is 272 g/mol. The molecule has 0 bridgehead atoms. The highest BCUT2D eigenvalue weighted by molar-refractivity contribution is 5.87. The molecule has 0 aromatic heterocycles. The van der Waals surface area contributed by atoms with Crippen molar-refractivity contribution in [2.45, 2.75) is 12.8 Å². The first-order valence-corrected chi connectivity index (χ1v) is 6.08. The minimum atomic E-state index is -0.879. The molecule has 1 atom stereocenters. The van der Waals surface area contributed by atoms with Gasteiger partial charge in [-0.2, -0.15) is 0 Å². The standard InChI is InChI=1S/C9H10O2.C7H6O2/c1-7(9(10)11)8-5-3-2-4-6-8;8-7(9)6-4-2-1-3-5-6/h2-7H,1H3,(H,10,11);1-5H,(H,8,9). The molecule has 4 heteroatoms. The van der Waals surface area contributed by atoms with Gasteiger partial charge in [0.2, 0.25) is 0 Å². The number of carboxylic acid groups (broad SMARTS) is 2. The molecule has 0 heterocycles. The number of benzene rings is 2. The van der Waals surface area contributed by atoms with Crippen LogP contribution in [0.4, 0.5) is 0 Å². The minimum absolute atomic E-state index is 0.331. The van der Waals surface area contributed by atoms with Crippen molar-refractivity contribution >= 4 is 11.9 Å². The van der Waals surface area contributed by atoms with Crippen LogP contribution in [0.2, 0.25) is 0 Å². The van der Waals surface area contributed by atoms with Crippen LogP contribution < -0.4 is 0 Å². The third kappa shape index (κ3) is 4.94. The third-order valence-corrected chi connectivity index (χ3v) is 2.69. The first-order chi connectivity index (χ1) is 9.52. The molecule has 0 amide bonds. The normalized spacial score (nSPS) is 10.8. The molecular weight excluding hydrogens is 256 g/mol. The molecule has 4 nitrogen and oxygen atoms in total. The molecule has 2 rings (SSSR count). The molecule has 0 saturated carbocycles. The molecule has 0 aliphatic rings. The molecule has 104 valence electrons. The van der Waals surface area contributed by atoms with E-state index < -0.39 is 17.9 Å². The lowest BCUT2D eigenvalue weighted by Gasteiger charge is -2.04. The second-order valence-electron chi connectivity index (χ2n) is 4.14. The van der Waals surface area contributed by atoms with Crippen molar-refractivity contribution in [3.63, 3.8) is 0 Å². The number of rotatable bonds is 3. The zero-order chi connectivity index (χ0) is 15.0. The summed E-state index contributed by atoms with van der Waals surface area (Å²) < 4.78 is 0. The molecule has 0 aliphatic heterocycles. The van der Waals surface area contributed by atoms with E-state index in [9.17, 15) is 9.59 Å². The van der Waals surface area contributed by atoms with Gasteiger partial charge in [0.1, 0.15) is 0 Å². The van der Waals surface area contributed by atoms with Crippen molar-refractivity contribution in [2.75, 3.05) is 0 Å². The Bertz CT molecular complexity index is 549. The highest BCUT2D eigenvalue weighted by Gasteiger charge is 2.11. The van der Waals surface area contributed by atoms with Crippen molar-refractivity contribution < 1.29 is 19.8 Å². The smallest absolute Gasteiger partial charge is 0.335 e. The summed E-state index contributed by atoms with van der Waals surface area (Å²) in [7, 11) is 0. The first kappa shape index (κ1) is 15.4. The maximum Gasteiger partial charge on any atom is 0.335 e. The summed E-state index contributed by atoms with van der Waals surface area (Å²) in [5.74, 6) is -2.07. The summed E-state index contributed by atoms with van der Waals surface area (Å²) in [6.45, 7) is 1.68. The van der Waals surface area contributed by atoms with Crippen molar-refractivity contribution in [2.24, 2.45) is 0 Å². The van der Waals surface area contributed by atoms with Gasteiger partial charge in [0.15, 0.2) is 0 Å². The molecule has 0 radical (unpaired) electrons. The summed E-state index contributed by atoms with van der Waals surface area (Å²) >= 11 is 0. The van der Waals surface area contributed by atoms with Crippen molar-refractivity contribution in [1.29, 1.82) is 0 Å². The second-order valence-corrected chi connectivity index (χ2v) is 4.14. The Balaban J connectivity index is 0.000000204. The van der Waals surface area contributed by atoms with Crippen molar-refractivity contribution in [3.8, 4) is 0 Å². The Morgan fingerprint density at radius 3 is 1.65 bits per heavy atom. The minimum Gasteiger partial charge on any atom is -0.481 e. The van der Waals surface area contributed by atoms with Gasteiger partial charge in [0, 0.05) is 0 Å². The quantitative estimate of drug-likeness (QED) is 0.899. The molecule has 2 N–H and O–H groups in total. The predicted octanol–water partition coefficient (Wildman–Crippen LogP) is 3.26. The van der Waals surface area contributed by atoms with Crippen LogP contribution in [0.25, 0.3) is 0 Å². The fraction of sp³-hybridized carbons (Fsp3) is 0.125. The van der Waals surface area contributed by atoms with Crippen LogP contribution in [0.3, 0.4) is 0 Å². The predicted molar refractivity (Wildman–Crippen MR) is 75.9 cm³/mol. The number of aliphatic carboxylic acids is 1. The number of hydrogen-bond donors (Lipinski definition) is 2. The lowest BCUT2D eigenvalue weighted by molar-refractivity contribution is -0.138. The van der Waals surface area contributed by atoms with E-state index in [-0.39, 0.29) is 0 Å². The van der Waals surface area contributed by atoms with Gasteiger partial charge in [-0.3, -0.25) is 4.79 Å². The average molecular weight is 272 g/mol. The Morgan fingerprint density at radius 2 is 1.30 bits per heavy atom. The molecule has 1 unspecified atom stereocenters. The van der Waals surface area contributed by atoms with Gasteiger partial charge in [-0.05, 0) is 24.6 Å². The van der Waals surface area contributed by atoms with Crippen LogP contribution in [-0.2, 0) is 4.79 Å². The molecule has 2 aromatic carbocycles. The largest absolute Gasteiger partial charge is 0.481 e. The summed E-state index contributed by atoms with van der Waals surface area (Å²) in [6, 6.07) is 17.5. The first-order valence-electron chi connectivity index (χ1n) is 6.08. The van der Waals surface area contributed by atoms with E-state index in [0.29, 0.717) is 5.56 Å². The molecular formula is C16H16O4. The SMILES string of the molecule is CC(C(=O)O)c1ccccc1.O=C(O)c1ccccc1. The molecule has 0 fully saturated rings. The van der Waals surface area contributed by atoms with Gasteiger partial charge >= 0.3 is 11.9 Å². The summed E-state index contributed by atoms with van der Waals surface area (Å²) in [6.07, 6.45) is 0. The highest BCUT2D eigenvalue weighted by atomic mass is 16.4. The Hall–Kier alpha value is -2.62. The molecule has 20 heavy (non-hydrogen) atoms. The third-order valence-electron chi connectivity index (χ3n) is 2.69. The van der Waals surface area contributed by atoms with Crippen LogP contribution in [0.1, 0.15) is 28.8 Å². The maximum atomic E-state index is 10.5. The van der Waals surface area contributed by atoms with E-state index in [1.54, 1.807) is 37.3 Å². The summed E-state index contributed by atoms with van der Waals surface area (Å²) in [4.78, 5) is 20.7. The topological polar surface area (TPSA) is 74.6 Å². The van der Waals surface area contributed by atoms with E-state index in [0.717, 1.165) is 5.56 Å². The van der Waals surface area contributed by atoms with Crippen LogP contribution in [0, 0.1) is 0 Å². The van der Waals surface area contributed by atoms with E-state index in [1.165, 1.54) is 0 Å². The fourth-order valence-corrected chi connectivity index (χ4v) is 1.47. The van der Waals surface area contributed by atoms with Gasteiger partial charge in [-0.1, -0.05) is 48.5 Å². The summed E-state index contributed by atoms with van der Waals surface area (Å²) in [5, 5.41) is 17.0. The van der Waals surface area contributed by atoms with E-state index in [2.05, 4.69) is 0 Å². The van der Waals surface area contributed by atoms with Crippen LogP contribution >= 0.6 is 0 Å². The van der Waals surface area contributed by atoms with Crippen LogP contribution in [0.5, 0.6) is 0 Å². The molecule has 0 saturated heterocycles. The maximum absolute atomic E-state index is 10.5. The summed E-state index contributed by atoms with van der Waals surface area (Å²) in [5.41, 5.74) is 1.18. The Morgan fingerprint density at radius 1 is 0.850 bits per heavy atom. The molecule has 2 aromatic rings. The Kier molecular flexibility index (Phi) is 5.97. The average Bonchev–Trinajstić information content (AvgIpc) is 2.49. The fourth-order valence-electron chi connectivity index (χ4n) is 1.47. The molecule has 0 spiro atoms. The number of hydrogen-bond acceptors (Lipinski definition) is 2. The zero-order valence-electron chi connectivity index (χ0n) is 11.1. The van der Waals surface area contributed by atoms with Gasteiger partial charge in [0.05, 0.1) is 11.5 Å². The van der Waals surface area contributed by atoms with Crippen molar-refractivity contribution in [1.82, 2.24) is 0 Å². The number of carbonyl (C=O) groups is 2. The van der Waals surface area contributed by atoms with Gasteiger partial charge in [-0.15, -0.1) is 0 Å². The van der Waals surface area contributed by atoms with Crippen molar-refractivity contribution in [3.05, 3.63) is 71.8 Å². The Labute approximate surface area is 117 Å². The highest BCUT2D eigenvalue weighted by Crippen LogP contribution is 2.13. The van der Waals surface area contributed by atoms with Crippen LogP contribution in [0.15, 0.2) is 60.7 Å². The van der Waals surface area contributed by atoms with E-state index >= 15 is 0 Å². The number of aromatic carboxylic acids is 1. The van der Waals surface area contributed by atoms with E-state index in [4.69, 9.17) is 10.2 Å². The van der Waals surface area contributed by atoms with Gasteiger partial charge in [0.25, 0.3) is 0 Å². The lowest BCUT2D eigenvalue weighted by Crippen LogP contribution is -2.06. The second kappa shape index (κ2) is 7.74. The molecule has 0 aliphatic carbocycles. The van der Waals surface area contributed by atoms with Crippen LogP contribution in [-0.4, -0.2) is 22.2 Å².